The first kappa shape index (κ1) is 16.7. The molecule has 20 heavy (non-hydrogen) atoms. The number of carbonyl (C=O) groups is 1. The predicted octanol–water partition coefficient (Wildman–Crippen LogP) is 3.00. The van der Waals surface area contributed by atoms with Crippen LogP contribution >= 0.6 is 0 Å². The van der Waals surface area contributed by atoms with E-state index in [1.807, 2.05) is 13.8 Å². The van der Waals surface area contributed by atoms with E-state index in [0.717, 1.165) is 36.4 Å². The van der Waals surface area contributed by atoms with E-state index in [4.69, 9.17) is 9.63 Å². The highest BCUT2D eigenvalue weighted by Crippen LogP contribution is 2.16. The van der Waals surface area contributed by atoms with Gasteiger partial charge in [-0.25, -0.2) is 0 Å². The molecule has 0 aliphatic carbocycles. The molecule has 114 valence electrons. The number of hydrogen-bond acceptors (Lipinski definition) is 4. The van der Waals surface area contributed by atoms with Crippen molar-refractivity contribution in [3.05, 3.63) is 17.0 Å². The topological polar surface area (TPSA) is 66.6 Å². The summed E-state index contributed by atoms with van der Waals surface area (Å²) in [6.45, 7) is 9.93. The fraction of sp³-hybridized carbons (Fsp3) is 0.733. The van der Waals surface area contributed by atoms with Gasteiger partial charge in [0.15, 0.2) is 0 Å². The molecule has 0 bridgehead atoms. The predicted molar refractivity (Wildman–Crippen MR) is 77.6 cm³/mol. The van der Waals surface area contributed by atoms with Gasteiger partial charge in [-0.2, -0.15) is 0 Å². The van der Waals surface area contributed by atoms with Crippen LogP contribution in [0.15, 0.2) is 4.52 Å². The number of hydrogen-bond donors (Lipinski definition) is 1. The lowest BCUT2D eigenvalue weighted by atomic mass is 10.1. The number of unbranched alkanes of at least 4 members (excludes halogenated alkanes) is 2. The Morgan fingerprint density at radius 3 is 2.60 bits per heavy atom. The van der Waals surface area contributed by atoms with Gasteiger partial charge in [0.1, 0.15) is 5.76 Å². The molecule has 0 fully saturated rings. The molecular weight excluding hydrogens is 256 g/mol. The molecular formula is C15H26N2O3. The second kappa shape index (κ2) is 8.04. The van der Waals surface area contributed by atoms with E-state index < -0.39 is 5.97 Å². The quantitative estimate of drug-likeness (QED) is 0.705. The van der Waals surface area contributed by atoms with Crippen molar-refractivity contribution in [2.24, 2.45) is 5.92 Å². The van der Waals surface area contributed by atoms with E-state index in [1.165, 1.54) is 6.42 Å². The summed E-state index contributed by atoms with van der Waals surface area (Å²) in [7, 11) is 0. The third kappa shape index (κ3) is 4.96. The number of aryl methyl sites for hydroxylation is 2. The Morgan fingerprint density at radius 2 is 2.10 bits per heavy atom. The number of rotatable bonds is 9. The van der Waals surface area contributed by atoms with Crippen LogP contribution in [0.2, 0.25) is 0 Å². The Bertz CT molecular complexity index is 409. The Balaban J connectivity index is 2.68. The van der Waals surface area contributed by atoms with Crippen LogP contribution in [0, 0.1) is 19.8 Å². The van der Waals surface area contributed by atoms with Crippen molar-refractivity contribution < 1.29 is 14.4 Å². The molecule has 0 saturated carbocycles. The van der Waals surface area contributed by atoms with E-state index >= 15 is 0 Å². The van der Waals surface area contributed by atoms with Gasteiger partial charge in [-0.3, -0.25) is 9.69 Å². The highest BCUT2D eigenvalue weighted by molar-refractivity contribution is 5.69. The van der Waals surface area contributed by atoms with Crippen molar-refractivity contribution in [3.63, 3.8) is 0 Å². The van der Waals surface area contributed by atoms with Crippen molar-refractivity contribution in [2.75, 3.05) is 13.1 Å². The van der Waals surface area contributed by atoms with Crippen LogP contribution in [-0.2, 0) is 11.3 Å². The summed E-state index contributed by atoms with van der Waals surface area (Å²) in [6, 6.07) is 0. The molecule has 5 nitrogen and oxygen atoms in total. The molecule has 0 amide bonds. The van der Waals surface area contributed by atoms with Gasteiger partial charge in [0.05, 0.1) is 11.6 Å². The molecule has 0 aliphatic rings. The molecule has 1 atom stereocenters. The largest absolute Gasteiger partial charge is 0.481 e. The zero-order valence-electron chi connectivity index (χ0n) is 13.0. The lowest BCUT2D eigenvalue weighted by molar-refractivity contribution is -0.141. The molecule has 5 heteroatoms. The number of aromatic nitrogens is 1. The van der Waals surface area contributed by atoms with Crippen LogP contribution in [0.4, 0.5) is 0 Å². The molecule has 1 unspecified atom stereocenters. The van der Waals surface area contributed by atoms with Crippen molar-refractivity contribution in [1.82, 2.24) is 10.1 Å². The van der Waals surface area contributed by atoms with Crippen molar-refractivity contribution in [1.29, 1.82) is 0 Å². The molecule has 1 heterocycles. The number of carboxylic acids is 1. The van der Waals surface area contributed by atoms with Crippen LogP contribution in [-0.4, -0.2) is 34.2 Å². The first-order chi connectivity index (χ1) is 9.45. The lowest BCUT2D eigenvalue weighted by Crippen LogP contribution is -2.32. The Hall–Kier alpha value is -1.36. The smallest absolute Gasteiger partial charge is 0.307 e. The third-order valence-electron chi connectivity index (χ3n) is 3.59. The minimum atomic E-state index is -0.746. The van der Waals surface area contributed by atoms with Gasteiger partial charge in [-0.15, -0.1) is 0 Å². The van der Waals surface area contributed by atoms with Gasteiger partial charge in [-0.05, 0) is 26.8 Å². The molecule has 1 rings (SSSR count). The van der Waals surface area contributed by atoms with Crippen LogP contribution in [0.1, 0.15) is 50.1 Å². The minimum Gasteiger partial charge on any atom is -0.481 e. The van der Waals surface area contributed by atoms with E-state index in [9.17, 15) is 4.79 Å². The summed E-state index contributed by atoms with van der Waals surface area (Å²) < 4.78 is 5.18. The van der Waals surface area contributed by atoms with E-state index in [2.05, 4.69) is 17.0 Å². The number of carboxylic acid groups (broad SMARTS) is 1. The van der Waals surface area contributed by atoms with E-state index in [-0.39, 0.29) is 5.92 Å². The maximum atomic E-state index is 11.0. The average Bonchev–Trinajstić information content (AvgIpc) is 2.70. The second-order valence-electron chi connectivity index (χ2n) is 5.48. The summed E-state index contributed by atoms with van der Waals surface area (Å²) >= 11 is 0. The summed E-state index contributed by atoms with van der Waals surface area (Å²) in [5.41, 5.74) is 1.98. The van der Waals surface area contributed by atoms with Crippen molar-refractivity contribution >= 4 is 5.97 Å². The number of nitrogens with zero attached hydrogens (tertiary/aromatic N) is 2. The van der Waals surface area contributed by atoms with Gasteiger partial charge >= 0.3 is 5.97 Å². The van der Waals surface area contributed by atoms with Crippen molar-refractivity contribution in [2.45, 2.75) is 53.5 Å². The zero-order chi connectivity index (χ0) is 15.1. The first-order valence-electron chi connectivity index (χ1n) is 7.32. The highest BCUT2D eigenvalue weighted by Gasteiger charge is 2.19. The molecule has 1 N–H and O–H groups in total. The standard InChI is InChI=1S/C15H26N2O3/c1-5-6-7-8-17(9-11(2)15(18)19)10-14-12(3)16-20-13(14)4/h11H,5-10H2,1-4H3,(H,18,19). The van der Waals surface area contributed by atoms with E-state index in [0.29, 0.717) is 13.1 Å². The Morgan fingerprint density at radius 1 is 1.40 bits per heavy atom. The van der Waals surface area contributed by atoms with Gasteiger partial charge in [-0.1, -0.05) is 31.8 Å². The SMILES string of the molecule is CCCCCN(Cc1c(C)noc1C)CC(C)C(=O)O. The van der Waals surface area contributed by atoms with Crippen molar-refractivity contribution in [3.8, 4) is 0 Å². The zero-order valence-corrected chi connectivity index (χ0v) is 13.0. The normalized spacial score (nSPS) is 12.8. The second-order valence-corrected chi connectivity index (χ2v) is 5.48. The van der Waals surface area contributed by atoms with Crippen LogP contribution < -0.4 is 0 Å². The Labute approximate surface area is 120 Å². The molecule has 0 radical (unpaired) electrons. The molecule has 0 spiro atoms. The fourth-order valence-electron chi connectivity index (χ4n) is 2.24. The highest BCUT2D eigenvalue weighted by atomic mass is 16.5. The molecule has 0 saturated heterocycles. The fourth-order valence-corrected chi connectivity index (χ4v) is 2.24. The van der Waals surface area contributed by atoms with Crippen LogP contribution in [0.25, 0.3) is 0 Å². The Kier molecular flexibility index (Phi) is 6.71. The van der Waals surface area contributed by atoms with Gasteiger partial charge in [0.2, 0.25) is 0 Å². The summed E-state index contributed by atoms with van der Waals surface area (Å²) in [5, 5.41) is 13.0. The molecule has 1 aromatic heterocycles. The maximum Gasteiger partial charge on any atom is 0.307 e. The van der Waals surface area contributed by atoms with Crippen LogP contribution in [0.5, 0.6) is 0 Å². The average molecular weight is 282 g/mol. The first-order valence-corrected chi connectivity index (χ1v) is 7.32. The van der Waals surface area contributed by atoms with Crippen LogP contribution in [0.3, 0.4) is 0 Å². The maximum absolute atomic E-state index is 11.0. The molecule has 0 aliphatic heterocycles. The van der Waals surface area contributed by atoms with Gasteiger partial charge in [0, 0.05) is 18.7 Å². The monoisotopic (exact) mass is 282 g/mol. The third-order valence-corrected chi connectivity index (χ3v) is 3.59. The van der Waals surface area contributed by atoms with E-state index in [1.54, 1.807) is 6.92 Å². The summed E-state index contributed by atoms with van der Waals surface area (Å²) in [4.78, 5) is 13.2. The van der Waals surface area contributed by atoms with Gasteiger partial charge in [0.25, 0.3) is 0 Å². The summed E-state index contributed by atoms with van der Waals surface area (Å²) in [6.07, 6.45) is 3.42. The summed E-state index contributed by atoms with van der Waals surface area (Å²) in [5.74, 6) is -0.285. The van der Waals surface area contributed by atoms with Gasteiger partial charge < -0.3 is 9.63 Å². The lowest BCUT2D eigenvalue weighted by Gasteiger charge is -2.24. The molecule has 1 aromatic rings. The number of aliphatic carboxylic acids is 1. The molecule has 0 aromatic carbocycles. The minimum absolute atomic E-state index is 0.364.